The summed E-state index contributed by atoms with van der Waals surface area (Å²) in [6.45, 7) is 3.63. The lowest BCUT2D eigenvalue weighted by molar-refractivity contribution is -0.386. The number of rotatable bonds is 7. The zero-order chi connectivity index (χ0) is 21.0. The maximum Gasteiger partial charge on any atom is 0.315 e. The number of para-hydroxylation sites is 2. The number of aromatic hydroxyl groups is 2. The average molecular weight is 401 g/mol. The van der Waals surface area contributed by atoms with E-state index in [0.717, 1.165) is 49.7 Å². The van der Waals surface area contributed by atoms with Gasteiger partial charge in [0.25, 0.3) is 0 Å². The molecule has 29 heavy (non-hydrogen) atoms. The van der Waals surface area contributed by atoms with Gasteiger partial charge in [-0.25, -0.2) is 0 Å². The van der Waals surface area contributed by atoms with Crippen molar-refractivity contribution in [3.8, 4) is 17.2 Å². The molecule has 0 radical (unpaired) electrons. The second-order valence-corrected chi connectivity index (χ2v) is 6.79. The van der Waals surface area contributed by atoms with Gasteiger partial charge in [0.15, 0.2) is 11.5 Å². The molecule has 2 N–H and O–H groups in total. The van der Waals surface area contributed by atoms with Gasteiger partial charge in [-0.05, 0) is 18.2 Å². The number of hydrogen-bond donors (Lipinski definition) is 2. The first-order chi connectivity index (χ1) is 13.9. The van der Waals surface area contributed by atoms with Gasteiger partial charge >= 0.3 is 5.69 Å². The molecule has 1 saturated heterocycles. The summed E-state index contributed by atoms with van der Waals surface area (Å²) in [6.07, 6.45) is 0.163. The molecule has 1 aliphatic heterocycles. The van der Waals surface area contributed by atoms with E-state index in [-0.39, 0.29) is 17.8 Å². The van der Waals surface area contributed by atoms with Crippen LogP contribution in [-0.4, -0.2) is 65.7 Å². The molecule has 0 unspecified atom stereocenters. The highest BCUT2D eigenvalue weighted by molar-refractivity contribution is 5.97. The fourth-order valence-electron chi connectivity index (χ4n) is 3.41. The Bertz CT molecular complexity index is 909. The topological polar surface area (TPSA) is 116 Å². The summed E-state index contributed by atoms with van der Waals surface area (Å²) in [5.74, 6) is -1.01. The zero-order valence-corrected chi connectivity index (χ0v) is 16.1. The van der Waals surface area contributed by atoms with Crippen LogP contribution >= 0.6 is 0 Å². The Kier molecular flexibility index (Phi) is 6.18. The standard InChI is InChI=1S/C20H23N3O6/c1-29-19-5-3-2-4-15(19)22-10-8-21(9-11-22)7-6-17(24)14-12-16(23(27)28)20(26)18(25)13-14/h2-5,12-13,25-26H,6-11H2,1H3. The largest absolute Gasteiger partial charge is 0.504 e. The third-order valence-electron chi connectivity index (χ3n) is 5.04. The van der Waals surface area contributed by atoms with Crippen molar-refractivity contribution in [2.45, 2.75) is 6.42 Å². The minimum Gasteiger partial charge on any atom is -0.504 e. The summed E-state index contributed by atoms with van der Waals surface area (Å²) >= 11 is 0. The molecular weight excluding hydrogens is 378 g/mol. The van der Waals surface area contributed by atoms with Gasteiger partial charge in [0.1, 0.15) is 5.75 Å². The van der Waals surface area contributed by atoms with E-state index in [0.29, 0.717) is 6.54 Å². The molecule has 0 bridgehead atoms. The molecule has 3 rings (SSSR count). The Labute approximate surface area is 167 Å². The second kappa shape index (κ2) is 8.78. The zero-order valence-electron chi connectivity index (χ0n) is 16.1. The van der Waals surface area contributed by atoms with Gasteiger partial charge in [-0.1, -0.05) is 12.1 Å². The SMILES string of the molecule is COc1ccccc1N1CCN(CCC(=O)c2cc(O)c(O)c([N+](=O)[O-])c2)CC1. The smallest absolute Gasteiger partial charge is 0.315 e. The first-order valence-corrected chi connectivity index (χ1v) is 9.24. The first-order valence-electron chi connectivity index (χ1n) is 9.24. The number of nitro benzene ring substituents is 1. The number of phenolic OH excluding ortho intramolecular Hbond substituents is 2. The predicted octanol–water partition coefficient (Wildman–Crippen LogP) is 2.41. The molecule has 0 saturated carbocycles. The summed E-state index contributed by atoms with van der Waals surface area (Å²) in [6, 6.07) is 9.89. The fourth-order valence-corrected chi connectivity index (χ4v) is 3.41. The molecule has 1 fully saturated rings. The van der Waals surface area contributed by atoms with Crippen LogP contribution in [0.3, 0.4) is 0 Å². The van der Waals surface area contributed by atoms with Crippen LogP contribution in [0.1, 0.15) is 16.8 Å². The second-order valence-electron chi connectivity index (χ2n) is 6.79. The number of nitro groups is 1. The van der Waals surface area contributed by atoms with E-state index < -0.39 is 22.1 Å². The normalized spacial score (nSPS) is 14.6. The first kappa shape index (κ1) is 20.4. The Hall–Kier alpha value is -3.33. The number of phenols is 2. The van der Waals surface area contributed by atoms with Crippen molar-refractivity contribution >= 4 is 17.2 Å². The van der Waals surface area contributed by atoms with E-state index in [9.17, 15) is 25.1 Å². The summed E-state index contributed by atoms with van der Waals surface area (Å²) in [7, 11) is 1.64. The summed E-state index contributed by atoms with van der Waals surface area (Å²) in [5.41, 5.74) is 0.371. The van der Waals surface area contributed by atoms with Crippen LogP contribution in [0, 0.1) is 10.1 Å². The number of nitrogens with zero attached hydrogens (tertiary/aromatic N) is 3. The molecule has 2 aromatic carbocycles. The number of ketones is 1. The lowest BCUT2D eigenvalue weighted by atomic mass is 10.1. The molecule has 0 aromatic heterocycles. The number of carbonyl (C=O) groups is 1. The van der Waals surface area contributed by atoms with Crippen molar-refractivity contribution in [2.75, 3.05) is 44.7 Å². The number of benzene rings is 2. The van der Waals surface area contributed by atoms with E-state index in [1.807, 2.05) is 24.3 Å². The number of carbonyl (C=O) groups excluding carboxylic acids is 1. The molecule has 0 amide bonds. The van der Waals surface area contributed by atoms with E-state index >= 15 is 0 Å². The van der Waals surface area contributed by atoms with Crippen LogP contribution in [0.25, 0.3) is 0 Å². The monoisotopic (exact) mass is 401 g/mol. The molecule has 0 spiro atoms. The fraction of sp³-hybridized carbons (Fsp3) is 0.350. The summed E-state index contributed by atoms with van der Waals surface area (Å²) in [5, 5.41) is 30.1. The minimum absolute atomic E-state index is 0.0136. The highest BCUT2D eigenvalue weighted by atomic mass is 16.6. The van der Waals surface area contributed by atoms with Crippen LogP contribution in [0.5, 0.6) is 17.2 Å². The Morgan fingerprint density at radius 2 is 1.86 bits per heavy atom. The van der Waals surface area contributed by atoms with Gasteiger partial charge in [0.2, 0.25) is 5.75 Å². The molecule has 154 valence electrons. The van der Waals surface area contributed by atoms with E-state index in [1.54, 1.807) is 7.11 Å². The van der Waals surface area contributed by atoms with E-state index in [2.05, 4.69) is 9.80 Å². The molecule has 1 aliphatic rings. The third kappa shape index (κ3) is 4.57. The van der Waals surface area contributed by atoms with Crippen molar-refractivity contribution in [1.29, 1.82) is 0 Å². The molecule has 9 heteroatoms. The van der Waals surface area contributed by atoms with Crippen molar-refractivity contribution in [3.05, 3.63) is 52.1 Å². The van der Waals surface area contributed by atoms with Gasteiger partial charge in [-0.2, -0.15) is 0 Å². The Balaban J connectivity index is 1.57. The van der Waals surface area contributed by atoms with Crippen LogP contribution in [0.4, 0.5) is 11.4 Å². The Morgan fingerprint density at radius 3 is 2.52 bits per heavy atom. The molecule has 0 aliphatic carbocycles. The quantitative estimate of drug-likeness (QED) is 0.314. The summed E-state index contributed by atoms with van der Waals surface area (Å²) in [4.78, 5) is 26.9. The number of piperazine rings is 1. The van der Waals surface area contributed by atoms with Gasteiger partial charge in [0, 0.05) is 50.8 Å². The maximum atomic E-state index is 12.4. The molecular formula is C20H23N3O6. The van der Waals surface area contributed by atoms with E-state index in [4.69, 9.17) is 4.74 Å². The highest BCUT2D eigenvalue weighted by Gasteiger charge is 2.23. The number of Topliss-reactive ketones (excluding diaryl/α,β-unsaturated/α-hetero) is 1. The van der Waals surface area contributed by atoms with Crippen LogP contribution in [-0.2, 0) is 0 Å². The van der Waals surface area contributed by atoms with Crippen LogP contribution in [0.2, 0.25) is 0 Å². The van der Waals surface area contributed by atoms with Crippen LogP contribution in [0.15, 0.2) is 36.4 Å². The highest BCUT2D eigenvalue weighted by Crippen LogP contribution is 2.36. The number of anilines is 1. The number of ether oxygens (including phenoxy) is 1. The van der Waals surface area contributed by atoms with Crippen molar-refractivity contribution < 1.29 is 24.7 Å². The maximum absolute atomic E-state index is 12.4. The van der Waals surface area contributed by atoms with Crippen molar-refractivity contribution in [1.82, 2.24) is 4.90 Å². The lowest BCUT2D eigenvalue weighted by Gasteiger charge is -2.36. The lowest BCUT2D eigenvalue weighted by Crippen LogP contribution is -2.47. The average Bonchev–Trinajstić information content (AvgIpc) is 2.74. The van der Waals surface area contributed by atoms with Crippen molar-refractivity contribution in [3.63, 3.8) is 0 Å². The van der Waals surface area contributed by atoms with Gasteiger partial charge in [-0.3, -0.25) is 19.8 Å². The predicted molar refractivity (Wildman–Crippen MR) is 107 cm³/mol. The molecule has 1 heterocycles. The van der Waals surface area contributed by atoms with Gasteiger partial charge in [-0.15, -0.1) is 0 Å². The molecule has 0 atom stereocenters. The summed E-state index contributed by atoms with van der Waals surface area (Å²) < 4.78 is 5.41. The Morgan fingerprint density at radius 1 is 1.17 bits per heavy atom. The molecule has 2 aromatic rings. The van der Waals surface area contributed by atoms with Gasteiger partial charge < -0.3 is 19.8 Å². The van der Waals surface area contributed by atoms with Gasteiger partial charge in [0.05, 0.1) is 17.7 Å². The number of methoxy groups -OCH3 is 1. The minimum atomic E-state index is -0.834. The molecule has 9 nitrogen and oxygen atoms in total. The van der Waals surface area contributed by atoms with Crippen LogP contribution < -0.4 is 9.64 Å². The van der Waals surface area contributed by atoms with Crippen molar-refractivity contribution in [2.24, 2.45) is 0 Å². The van der Waals surface area contributed by atoms with E-state index in [1.165, 1.54) is 0 Å². The number of hydrogen-bond acceptors (Lipinski definition) is 8. The third-order valence-corrected chi connectivity index (χ3v) is 5.04.